The molecule has 0 saturated heterocycles. The number of hydrogen-bond donors (Lipinski definition) is 2. The zero-order valence-electron chi connectivity index (χ0n) is 12.3. The predicted molar refractivity (Wildman–Crippen MR) is 78.2 cm³/mol. The number of nitrogens with one attached hydrogen (secondary N) is 2. The molecule has 0 rings (SSSR count). The van der Waals surface area contributed by atoms with Crippen molar-refractivity contribution in [3.8, 4) is 0 Å². The topological polar surface area (TPSA) is 58.2 Å². The largest absolute Gasteiger partial charge is 0.316 e. The lowest BCUT2D eigenvalue weighted by Crippen LogP contribution is -2.37. The zero-order valence-corrected chi connectivity index (χ0v) is 13.1. The van der Waals surface area contributed by atoms with Crippen LogP contribution in [0.2, 0.25) is 0 Å². The van der Waals surface area contributed by atoms with Gasteiger partial charge < -0.3 is 5.32 Å². The highest BCUT2D eigenvalue weighted by Crippen LogP contribution is 2.08. The fourth-order valence-corrected chi connectivity index (χ4v) is 3.03. The first-order valence-electron chi connectivity index (χ1n) is 7.08. The lowest BCUT2D eigenvalue weighted by Gasteiger charge is -2.15. The minimum Gasteiger partial charge on any atom is -0.316 e. The van der Waals surface area contributed by atoms with E-state index in [9.17, 15) is 8.42 Å². The normalized spacial score (nSPS) is 14.1. The number of hydrogen-bond acceptors (Lipinski definition) is 3. The second kappa shape index (κ2) is 9.75. The third-order valence-electron chi connectivity index (χ3n) is 2.77. The molecular weight excluding hydrogens is 248 g/mol. The molecule has 1 unspecified atom stereocenters. The van der Waals surface area contributed by atoms with Crippen molar-refractivity contribution < 1.29 is 8.42 Å². The molecule has 0 fully saturated rings. The van der Waals surface area contributed by atoms with Gasteiger partial charge in [-0.25, -0.2) is 13.1 Å². The van der Waals surface area contributed by atoms with E-state index in [4.69, 9.17) is 0 Å². The maximum absolute atomic E-state index is 11.8. The van der Waals surface area contributed by atoms with Gasteiger partial charge in [0.2, 0.25) is 10.0 Å². The van der Waals surface area contributed by atoms with E-state index in [1.807, 2.05) is 6.92 Å². The van der Waals surface area contributed by atoms with Crippen molar-refractivity contribution in [1.29, 1.82) is 0 Å². The molecule has 0 bridgehead atoms. The van der Waals surface area contributed by atoms with E-state index in [1.54, 1.807) is 0 Å². The Labute approximate surface area is 113 Å². The molecule has 4 nitrogen and oxygen atoms in total. The van der Waals surface area contributed by atoms with Gasteiger partial charge in [0.05, 0.1) is 5.75 Å². The fraction of sp³-hybridized carbons (Fsp3) is 1.00. The Morgan fingerprint density at radius 2 is 1.72 bits per heavy atom. The van der Waals surface area contributed by atoms with Gasteiger partial charge in [0, 0.05) is 12.6 Å². The summed E-state index contributed by atoms with van der Waals surface area (Å²) in [7, 11) is -3.12. The molecule has 110 valence electrons. The van der Waals surface area contributed by atoms with Gasteiger partial charge in [0.15, 0.2) is 0 Å². The minimum atomic E-state index is -3.12. The summed E-state index contributed by atoms with van der Waals surface area (Å²) in [6.07, 6.45) is 4.18. The third-order valence-corrected chi connectivity index (χ3v) is 4.28. The highest BCUT2D eigenvalue weighted by Gasteiger charge is 2.13. The summed E-state index contributed by atoms with van der Waals surface area (Å²) < 4.78 is 26.2. The van der Waals surface area contributed by atoms with Crippen molar-refractivity contribution in [3.05, 3.63) is 0 Å². The Kier molecular flexibility index (Phi) is 9.68. The average Bonchev–Trinajstić information content (AvgIpc) is 2.23. The molecule has 18 heavy (non-hydrogen) atoms. The summed E-state index contributed by atoms with van der Waals surface area (Å²) in [4.78, 5) is 0. The van der Waals surface area contributed by atoms with E-state index in [2.05, 4.69) is 30.8 Å². The summed E-state index contributed by atoms with van der Waals surface area (Å²) in [6, 6.07) is 0.0416. The van der Waals surface area contributed by atoms with E-state index in [0.29, 0.717) is 12.5 Å². The predicted octanol–water partition coefficient (Wildman–Crippen LogP) is 2.12. The van der Waals surface area contributed by atoms with Crippen LogP contribution >= 0.6 is 0 Å². The van der Waals surface area contributed by atoms with Crippen molar-refractivity contribution in [3.63, 3.8) is 0 Å². The molecule has 5 heteroatoms. The molecule has 0 saturated carbocycles. The molecule has 0 spiro atoms. The monoisotopic (exact) mass is 278 g/mol. The molecule has 1 atom stereocenters. The molecule has 0 aromatic heterocycles. The molecule has 0 aliphatic carbocycles. The Morgan fingerprint density at radius 3 is 2.28 bits per heavy atom. The molecule has 0 aromatic carbocycles. The average molecular weight is 278 g/mol. The van der Waals surface area contributed by atoms with Crippen molar-refractivity contribution in [2.75, 3.05) is 18.8 Å². The number of sulfonamides is 1. The second-order valence-corrected chi connectivity index (χ2v) is 7.29. The van der Waals surface area contributed by atoms with E-state index in [0.717, 1.165) is 32.2 Å². The quantitative estimate of drug-likeness (QED) is 0.569. The fourth-order valence-electron chi connectivity index (χ4n) is 1.76. The summed E-state index contributed by atoms with van der Waals surface area (Å²) in [5.41, 5.74) is 0. The molecule has 0 aliphatic rings. The smallest absolute Gasteiger partial charge is 0.213 e. The van der Waals surface area contributed by atoms with Crippen LogP contribution in [-0.4, -0.2) is 33.3 Å². The summed E-state index contributed by atoms with van der Waals surface area (Å²) in [6.45, 7) is 9.79. The van der Waals surface area contributed by atoms with Crippen LogP contribution in [0.3, 0.4) is 0 Å². The van der Waals surface area contributed by atoms with Crippen LogP contribution in [0.5, 0.6) is 0 Å². The molecular formula is C13H30N2O2S. The van der Waals surface area contributed by atoms with Gasteiger partial charge in [-0.1, -0.05) is 33.6 Å². The van der Waals surface area contributed by atoms with Gasteiger partial charge in [-0.15, -0.1) is 0 Å². The van der Waals surface area contributed by atoms with Crippen LogP contribution in [0.25, 0.3) is 0 Å². The van der Waals surface area contributed by atoms with Crippen LogP contribution < -0.4 is 10.0 Å². The van der Waals surface area contributed by atoms with Crippen molar-refractivity contribution in [2.45, 2.75) is 59.4 Å². The second-order valence-electron chi connectivity index (χ2n) is 5.41. The Bertz CT molecular complexity index is 289. The van der Waals surface area contributed by atoms with E-state index >= 15 is 0 Å². The van der Waals surface area contributed by atoms with Crippen LogP contribution in [0.4, 0.5) is 0 Å². The van der Waals surface area contributed by atoms with Gasteiger partial charge in [-0.05, 0) is 32.2 Å². The molecule has 0 radical (unpaired) electrons. The lowest BCUT2D eigenvalue weighted by atomic mass is 10.0. The number of rotatable bonds is 11. The summed E-state index contributed by atoms with van der Waals surface area (Å²) >= 11 is 0. The van der Waals surface area contributed by atoms with Crippen LogP contribution in [0, 0.1) is 5.92 Å². The van der Waals surface area contributed by atoms with Gasteiger partial charge in [-0.2, -0.15) is 0 Å². The maximum Gasteiger partial charge on any atom is 0.213 e. The molecule has 0 aromatic rings. The molecule has 0 aliphatic heterocycles. The minimum absolute atomic E-state index is 0.0416. The van der Waals surface area contributed by atoms with Gasteiger partial charge in [0.25, 0.3) is 0 Å². The standard InChI is InChI=1S/C13H30N2O2S/c1-5-9-14-10-11-18(16,17)15-13(4)8-6-7-12(2)3/h12-15H,5-11H2,1-4H3. The first-order chi connectivity index (χ1) is 8.37. The van der Waals surface area contributed by atoms with Crippen LogP contribution in [0.1, 0.15) is 53.4 Å². The SMILES string of the molecule is CCCNCCS(=O)(=O)NC(C)CCCC(C)C. The highest BCUT2D eigenvalue weighted by atomic mass is 32.2. The summed E-state index contributed by atoms with van der Waals surface area (Å²) in [5.74, 6) is 0.855. The Balaban J connectivity index is 3.78. The maximum atomic E-state index is 11.8. The van der Waals surface area contributed by atoms with Gasteiger partial charge >= 0.3 is 0 Å². The van der Waals surface area contributed by atoms with Crippen molar-refractivity contribution >= 4 is 10.0 Å². The molecule has 0 heterocycles. The first kappa shape index (κ1) is 17.9. The van der Waals surface area contributed by atoms with E-state index < -0.39 is 10.0 Å². The highest BCUT2D eigenvalue weighted by molar-refractivity contribution is 7.89. The molecule has 0 amide bonds. The third kappa shape index (κ3) is 11.0. The van der Waals surface area contributed by atoms with Crippen LogP contribution in [-0.2, 0) is 10.0 Å². The zero-order chi connectivity index (χ0) is 14.0. The first-order valence-corrected chi connectivity index (χ1v) is 8.73. The Morgan fingerprint density at radius 1 is 1.06 bits per heavy atom. The lowest BCUT2D eigenvalue weighted by molar-refractivity contribution is 0.488. The van der Waals surface area contributed by atoms with Gasteiger partial charge in [0.1, 0.15) is 0 Å². The van der Waals surface area contributed by atoms with Crippen molar-refractivity contribution in [2.24, 2.45) is 5.92 Å². The van der Waals surface area contributed by atoms with E-state index in [1.165, 1.54) is 0 Å². The van der Waals surface area contributed by atoms with Crippen LogP contribution in [0.15, 0.2) is 0 Å². The van der Waals surface area contributed by atoms with Gasteiger partial charge in [-0.3, -0.25) is 0 Å². The Hall–Kier alpha value is -0.130. The molecule has 2 N–H and O–H groups in total. The van der Waals surface area contributed by atoms with E-state index in [-0.39, 0.29) is 11.8 Å². The summed E-state index contributed by atoms with van der Waals surface area (Å²) in [5, 5.41) is 3.10. The van der Waals surface area contributed by atoms with Crippen molar-refractivity contribution in [1.82, 2.24) is 10.0 Å².